The lowest BCUT2D eigenvalue weighted by molar-refractivity contribution is 0.295. The Labute approximate surface area is 103 Å². The van der Waals surface area contributed by atoms with Crippen LogP contribution >= 0.6 is 0 Å². The Balaban J connectivity index is 1.69. The third-order valence-corrected chi connectivity index (χ3v) is 4.51. The van der Waals surface area contributed by atoms with E-state index in [4.69, 9.17) is 0 Å². The molecule has 2 atom stereocenters. The molecule has 0 radical (unpaired) electrons. The fourth-order valence-corrected chi connectivity index (χ4v) is 3.19. The lowest BCUT2D eigenvalue weighted by atomic mass is 10.1. The van der Waals surface area contributed by atoms with Crippen molar-refractivity contribution in [2.75, 3.05) is 19.6 Å². The Hall–Kier alpha value is -0.870. The number of hydrogen-bond acceptors (Lipinski definition) is 3. The minimum atomic E-state index is 0.734. The van der Waals surface area contributed by atoms with Crippen LogP contribution in [0.5, 0.6) is 0 Å². The van der Waals surface area contributed by atoms with E-state index in [-0.39, 0.29) is 0 Å². The van der Waals surface area contributed by atoms with E-state index in [0.717, 1.165) is 18.5 Å². The molecule has 17 heavy (non-hydrogen) atoms. The highest BCUT2D eigenvalue weighted by Gasteiger charge is 2.36. The molecule has 0 amide bonds. The van der Waals surface area contributed by atoms with Gasteiger partial charge in [-0.1, -0.05) is 0 Å². The zero-order valence-electron chi connectivity index (χ0n) is 11.0. The van der Waals surface area contributed by atoms with Crippen molar-refractivity contribution in [3.05, 3.63) is 17.2 Å². The van der Waals surface area contributed by atoms with Crippen LogP contribution in [0.4, 0.5) is 0 Å². The summed E-state index contributed by atoms with van der Waals surface area (Å²) in [5.74, 6) is 2.08. The molecule has 0 aliphatic carbocycles. The minimum absolute atomic E-state index is 0.734. The summed E-state index contributed by atoms with van der Waals surface area (Å²) in [6, 6.07) is 0.734. The van der Waals surface area contributed by atoms with Gasteiger partial charge in [0, 0.05) is 31.9 Å². The van der Waals surface area contributed by atoms with Crippen LogP contribution in [-0.4, -0.2) is 40.1 Å². The number of fused-ring (bicyclic) bond motifs is 1. The molecule has 0 aromatic carbocycles. The molecule has 2 fully saturated rings. The van der Waals surface area contributed by atoms with E-state index < -0.39 is 0 Å². The molecule has 1 N–H and O–H groups in total. The maximum Gasteiger partial charge on any atom is 0.123 e. The van der Waals surface area contributed by atoms with Crippen molar-refractivity contribution in [1.29, 1.82) is 0 Å². The van der Waals surface area contributed by atoms with Crippen LogP contribution in [0, 0.1) is 19.8 Å². The second kappa shape index (κ2) is 4.10. The minimum Gasteiger partial charge on any atom is -0.334 e. The van der Waals surface area contributed by atoms with Crippen molar-refractivity contribution in [3.8, 4) is 0 Å². The van der Waals surface area contributed by atoms with E-state index in [1.807, 2.05) is 0 Å². The fourth-order valence-electron chi connectivity index (χ4n) is 3.19. The molecule has 1 aromatic rings. The van der Waals surface area contributed by atoms with Crippen LogP contribution in [0.3, 0.4) is 0 Å². The quantitative estimate of drug-likeness (QED) is 0.823. The van der Waals surface area contributed by atoms with Crippen LogP contribution in [0.1, 0.15) is 23.6 Å². The molecule has 2 aliphatic heterocycles. The Morgan fingerprint density at radius 3 is 2.82 bits per heavy atom. The van der Waals surface area contributed by atoms with Crippen LogP contribution in [0.2, 0.25) is 0 Å². The molecule has 4 nitrogen and oxygen atoms in total. The molecular weight excluding hydrogens is 212 g/mol. The van der Waals surface area contributed by atoms with Crippen molar-refractivity contribution < 1.29 is 0 Å². The van der Waals surface area contributed by atoms with Gasteiger partial charge in [0.25, 0.3) is 0 Å². The van der Waals surface area contributed by atoms with Gasteiger partial charge in [-0.05, 0) is 32.7 Å². The molecular formula is C13H22N4. The summed E-state index contributed by atoms with van der Waals surface area (Å²) in [5, 5.41) is 3.60. The number of imidazole rings is 1. The molecule has 1 aromatic heterocycles. The monoisotopic (exact) mass is 234 g/mol. The van der Waals surface area contributed by atoms with Gasteiger partial charge < -0.3 is 9.88 Å². The van der Waals surface area contributed by atoms with Crippen LogP contribution in [0.25, 0.3) is 0 Å². The van der Waals surface area contributed by atoms with Crippen LogP contribution in [0.15, 0.2) is 0 Å². The SMILES string of the molecule is Cc1nc(CN2C[C@@H]3CCN[C@@H]3C2)n(C)c1C. The highest BCUT2D eigenvalue weighted by molar-refractivity contribution is 5.13. The largest absolute Gasteiger partial charge is 0.334 e. The fraction of sp³-hybridized carbons (Fsp3) is 0.769. The van der Waals surface area contributed by atoms with Crippen molar-refractivity contribution in [3.63, 3.8) is 0 Å². The summed E-state index contributed by atoms with van der Waals surface area (Å²) in [5.41, 5.74) is 2.46. The molecule has 0 spiro atoms. The first-order valence-electron chi connectivity index (χ1n) is 6.59. The highest BCUT2D eigenvalue weighted by Crippen LogP contribution is 2.25. The number of likely N-dealkylation sites (tertiary alicyclic amines) is 1. The van der Waals surface area contributed by atoms with Gasteiger partial charge in [0.1, 0.15) is 5.82 Å². The molecule has 2 saturated heterocycles. The second-order valence-corrected chi connectivity index (χ2v) is 5.56. The maximum absolute atomic E-state index is 4.67. The predicted molar refractivity (Wildman–Crippen MR) is 67.9 cm³/mol. The number of hydrogen-bond donors (Lipinski definition) is 1. The van der Waals surface area contributed by atoms with Crippen molar-refractivity contribution in [2.45, 2.75) is 32.9 Å². The van der Waals surface area contributed by atoms with Crippen LogP contribution in [-0.2, 0) is 13.6 Å². The standard InChI is InChI=1S/C13H22N4/c1-9-10(2)16(3)13(15-9)8-17-6-11-4-5-14-12(11)7-17/h11-12,14H,4-8H2,1-3H3/t11-,12+/m0/s1. The van der Waals surface area contributed by atoms with E-state index >= 15 is 0 Å². The first kappa shape index (κ1) is 11.2. The van der Waals surface area contributed by atoms with E-state index in [1.165, 1.54) is 43.3 Å². The van der Waals surface area contributed by atoms with E-state index in [0.29, 0.717) is 0 Å². The Morgan fingerprint density at radius 1 is 1.35 bits per heavy atom. The molecule has 0 unspecified atom stereocenters. The van der Waals surface area contributed by atoms with E-state index in [1.54, 1.807) is 0 Å². The second-order valence-electron chi connectivity index (χ2n) is 5.56. The summed E-state index contributed by atoms with van der Waals surface area (Å²) in [7, 11) is 2.12. The van der Waals surface area contributed by atoms with Gasteiger partial charge in [-0.25, -0.2) is 4.98 Å². The van der Waals surface area contributed by atoms with E-state index in [9.17, 15) is 0 Å². The number of nitrogens with one attached hydrogen (secondary N) is 1. The zero-order valence-corrected chi connectivity index (χ0v) is 11.0. The molecule has 2 aliphatic rings. The van der Waals surface area contributed by atoms with Crippen molar-refractivity contribution in [2.24, 2.45) is 13.0 Å². The molecule has 4 heteroatoms. The number of aryl methyl sites for hydroxylation is 1. The van der Waals surface area contributed by atoms with Gasteiger partial charge in [-0.15, -0.1) is 0 Å². The highest BCUT2D eigenvalue weighted by atomic mass is 15.2. The molecule has 94 valence electrons. The van der Waals surface area contributed by atoms with Gasteiger partial charge in [0.15, 0.2) is 0 Å². The summed E-state index contributed by atoms with van der Waals surface area (Å²) >= 11 is 0. The first-order chi connectivity index (χ1) is 8.15. The summed E-state index contributed by atoms with van der Waals surface area (Å²) in [6.07, 6.45) is 1.35. The van der Waals surface area contributed by atoms with Gasteiger partial charge in [0.2, 0.25) is 0 Å². The number of aromatic nitrogens is 2. The van der Waals surface area contributed by atoms with Crippen LogP contribution < -0.4 is 5.32 Å². The van der Waals surface area contributed by atoms with Crippen molar-refractivity contribution in [1.82, 2.24) is 19.8 Å². The first-order valence-corrected chi connectivity index (χ1v) is 6.59. The Morgan fingerprint density at radius 2 is 2.18 bits per heavy atom. The Kier molecular flexibility index (Phi) is 2.71. The molecule has 0 bridgehead atoms. The third kappa shape index (κ3) is 1.89. The predicted octanol–water partition coefficient (Wildman–Crippen LogP) is 0.831. The normalized spacial score (nSPS) is 28.9. The average Bonchev–Trinajstić information content (AvgIpc) is 2.91. The van der Waals surface area contributed by atoms with Crippen molar-refractivity contribution >= 4 is 0 Å². The topological polar surface area (TPSA) is 33.1 Å². The maximum atomic E-state index is 4.67. The summed E-state index contributed by atoms with van der Waals surface area (Å²) in [6.45, 7) is 8.88. The van der Waals surface area contributed by atoms with Gasteiger partial charge in [-0.3, -0.25) is 4.90 Å². The van der Waals surface area contributed by atoms with E-state index in [2.05, 4.69) is 40.7 Å². The van der Waals surface area contributed by atoms with Gasteiger partial charge in [0.05, 0.1) is 12.2 Å². The summed E-state index contributed by atoms with van der Waals surface area (Å²) in [4.78, 5) is 7.21. The summed E-state index contributed by atoms with van der Waals surface area (Å²) < 4.78 is 2.23. The number of rotatable bonds is 2. The van der Waals surface area contributed by atoms with Gasteiger partial charge >= 0.3 is 0 Å². The average molecular weight is 234 g/mol. The third-order valence-electron chi connectivity index (χ3n) is 4.51. The molecule has 0 saturated carbocycles. The Bertz CT molecular complexity index is 411. The lowest BCUT2D eigenvalue weighted by Gasteiger charge is -2.16. The van der Waals surface area contributed by atoms with Gasteiger partial charge in [-0.2, -0.15) is 0 Å². The molecule has 3 rings (SSSR count). The molecule has 3 heterocycles. The smallest absolute Gasteiger partial charge is 0.123 e. The number of nitrogens with zero attached hydrogens (tertiary/aromatic N) is 3. The lowest BCUT2D eigenvalue weighted by Crippen LogP contribution is -2.30. The zero-order chi connectivity index (χ0) is 12.0.